The van der Waals surface area contributed by atoms with Crippen LogP contribution in [0, 0.1) is 0 Å². The first-order valence-corrected chi connectivity index (χ1v) is 16.8. The Bertz CT molecular complexity index is 2000. The van der Waals surface area contributed by atoms with Crippen LogP contribution in [-0.2, 0) is 22.4 Å². The minimum atomic E-state index is -1.11. The highest BCUT2D eigenvalue weighted by Crippen LogP contribution is 2.43. The summed E-state index contributed by atoms with van der Waals surface area (Å²) in [6, 6.07) is 27.4. The van der Waals surface area contributed by atoms with E-state index in [1.54, 1.807) is 55.5 Å². The molecule has 2 unspecified atom stereocenters. The van der Waals surface area contributed by atoms with E-state index < -0.39 is 23.1 Å². The summed E-state index contributed by atoms with van der Waals surface area (Å²) in [7, 11) is 1.35. The second-order valence-corrected chi connectivity index (χ2v) is 13.8. The molecule has 0 radical (unpaired) electrons. The number of thioether (sulfide) groups is 1. The van der Waals surface area contributed by atoms with Gasteiger partial charge in [-0.15, -0.1) is 23.1 Å². The first-order chi connectivity index (χ1) is 22.7. The van der Waals surface area contributed by atoms with Gasteiger partial charge in [0.15, 0.2) is 0 Å². The van der Waals surface area contributed by atoms with E-state index in [0.29, 0.717) is 32.9 Å². The number of hydrogen-bond acceptors (Lipinski definition) is 7. The number of anilines is 2. The molecule has 1 aliphatic carbocycles. The highest BCUT2D eigenvalue weighted by Gasteiger charge is 2.31. The number of esters is 1. The Kier molecular flexibility index (Phi) is 9.42. The van der Waals surface area contributed by atoms with Crippen LogP contribution in [0.25, 0.3) is 10.8 Å². The third-order valence-electron chi connectivity index (χ3n) is 8.32. The molecule has 0 bridgehead atoms. The van der Waals surface area contributed by atoms with E-state index in [1.165, 1.54) is 41.8 Å². The summed E-state index contributed by atoms with van der Waals surface area (Å²) in [5.41, 5.74) is 3.46. The van der Waals surface area contributed by atoms with E-state index in [2.05, 4.69) is 22.8 Å². The topological polar surface area (TPSA) is 122 Å². The summed E-state index contributed by atoms with van der Waals surface area (Å²) in [5.74, 6) is -1.92. The van der Waals surface area contributed by atoms with Crippen molar-refractivity contribution < 1.29 is 29.0 Å². The lowest BCUT2D eigenvalue weighted by atomic mass is 9.83. The number of amides is 2. The Hall–Kier alpha value is -4.93. The second-order valence-electron chi connectivity index (χ2n) is 11.3. The molecule has 0 fully saturated rings. The van der Waals surface area contributed by atoms with Gasteiger partial charge in [0.1, 0.15) is 5.00 Å². The number of nitrogens with one attached hydrogen (secondary N) is 2. The van der Waals surface area contributed by atoms with Gasteiger partial charge in [0.2, 0.25) is 5.91 Å². The number of methoxy groups -OCH3 is 1. The Balaban J connectivity index is 1.16. The minimum Gasteiger partial charge on any atom is -0.478 e. The largest absolute Gasteiger partial charge is 0.478 e. The molecule has 1 aromatic heterocycles. The second kappa shape index (κ2) is 13.8. The summed E-state index contributed by atoms with van der Waals surface area (Å²) in [6.45, 7) is 1.78. The number of carbonyl (C=O) groups excluding carboxylic acids is 3. The van der Waals surface area contributed by atoms with Crippen LogP contribution in [0.1, 0.15) is 66.3 Å². The van der Waals surface area contributed by atoms with Crippen molar-refractivity contribution in [1.82, 2.24) is 0 Å². The third kappa shape index (κ3) is 6.79. The smallest absolute Gasteiger partial charge is 0.341 e. The first-order valence-electron chi connectivity index (χ1n) is 15.1. The predicted octanol–water partition coefficient (Wildman–Crippen LogP) is 8.03. The van der Waals surface area contributed by atoms with Gasteiger partial charge in [-0.3, -0.25) is 9.59 Å². The average Bonchev–Trinajstić information content (AvgIpc) is 3.44. The molecule has 47 heavy (non-hydrogen) atoms. The maximum Gasteiger partial charge on any atom is 0.341 e. The molecule has 3 N–H and O–H groups in total. The van der Waals surface area contributed by atoms with Crippen LogP contribution < -0.4 is 10.6 Å². The van der Waals surface area contributed by atoms with Crippen LogP contribution in [-0.4, -0.2) is 41.2 Å². The number of thiophene rings is 1. The molecule has 5 aromatic rings. The van der Waals surface area contributed by atoms with Gasteiger partial charge < -0.3 is 20.5 Å². The Labute approximate surface area is 280 Å². The zero-order valence-electron chi connectivity index (χ0n) is 25.7. The normalized spacial score (nSPS) is 14.6. The van der Waals surface area contributed by atoms with Crippen LogP contribution in [0.5, 0.6) is 0 Å². The van der Waals surface area contributed by atoms with Crippen LogP contribution >= 0.6 is 23.1 Å². The van der Waals surface area contributed by atoms with Crippen molar-refractivity contribution in [3.05, 3.63) is 124 Å². The number of aromatic carboxylic acids is 1. The van der Waals surface area contributed by atoms with Crippen LogP contribution in [0.4, 0.5) is 10.7 Å². The van der Waals surface area contributed by atoms with E-state index in [4.69, 9.17) is 4.74 Å². The molecule has 6 rings (SSSR count). The number of carboxylic acids is 1. The van der Waals surface area contributed by atoms with Gasteiger partial charge in [0.25, 0.3) is 5.91 Å². The summed E-state index contributed by atoms with van der Waals surface area (Å²) in [6.07, 6.45) is 2.43. The van der Waals surface area contributed by atoms with Crippen molar-refractivity contribution in [3.8, 4) is 0 Å². The fraction of sp³-hybridized carbons (Fsp3) is 0.189. The maximum absolute atomic E-state index is 13.4. The van der Waals surface area contributed by atoms with Crippen molar-refractivity contribution in [2.75, 3.05) is 17.7 Å². The molecule has 238 valence electrons. The zero-order chi connectivity index (χ0) is 33.1. The van der Waals surface area contributed by atoms with E-state index in [-0.39, 0.29) is 17.0 Å². The minimum absolute atomic E-state index is 0.0513. The first kappa shape index (κ1) is 32.0. The molecule has 2 amide bonds. The molecule has 1 aliphatic rings. The Morgan fingerprint density at radius 2 is 1.64 bits per heavy atom. The number of carboxylic acid groups (broad SMARTS) is 1. The standard InChI is InChI=1S/C37H32N2O6S2/c1-21(33(40)39-35-32(37(44)45-2)27-18-17-24(19-30(27)47-35)22-9-4-3-5-10-22)46-26-14-8-13-25(20-26)38-34(41)28-15-6-11-23-12-7-16-29(31(23)28)36(42)43/h3-16,20-21,24H,17-19H2,1-2H3,(H,38,41)(H,39,40)(H,42,43). The average molecular weight is 665 g/mol. The van der Waals surface area contributed by atoms with Gasteiger partial charge in [0, 0.05) is 26.4 Å². The van der Waals surface area contributed by atoms with Crippen molar-refractivity contribution in [3.63, 3.8) is 0 Å². The monoisotopic (exact) mass is 664 g/mol. The molecule has 10 heteroatoms. The summed E-state index contributed by atoms with van der Waals surface area (Å²) >= 11 is 2.76. The number of carbonyl (C=O) groups is 4. The molecule has 1 heterocycles. The van der Waals surface area contributed by atoms with Crippen molar-refractivity contribution in [2.24, 2.45) is 0 Å². The van der Waals surface area contributed by atoms with E-state index >= 15 is 0 Å². The lowest BCUT2D eigenvalue weighted by Crippen LogP contribution is -2.23. The van der Waals surface area contributed by atoms with Gasteiger partial charge in [-0.05, 0) is 78.9 Å². The number of ether oxygens (including phenoxy) is 1. The van der Waals surface area contributed by atoms with E-state index in [9.17, 15) is 24.3 Å². The lowest BCUT2D eigenvalue weighted by molar-refractivity contribution is -0.115. The Morgan fingerprint density at radius 1 is 0.915 bits per heavy atom. The molecule has 0 aliphatic heterocycles. The molecule has 8 nitrogen and oxygen atoms in total. The zero-order valence-corrected chi connectivity index (χ0v) is 27.4. The van der Waals surface area contributed by atoms with Gasteiger partial charge in [0.05, 0.1) is 23.5 Å². The molecule has 2 atom stereocenters. The summed E-state index contributed by atoms with van der Waals surface area (Å²) < 4.78 is 5.12. The highest BCUT2D eigenvalue weighted by molar-refractivity contribution is 8.00. The lowest BCUT2D eigenvalue weighted by Gasteiger charge is -2.22. The van der Waals surface area contributed by atoms with Crippen molar-refractivity contribution >= 4 is 68.3 Å². The quantitative estimate of drug-likeness (QED) is 0.108. The van der Waals surface area contributed by atoms with Crippen LogP contribution in [0.15, 0.2) is 95.9 Å². The molecular formula is C37H32N2O6S2. The molecule has 0 spiro atoms. The maximum atomic E-state index is 13.4. The third-order valence-corrected chi connectivity index (χ3v) is 10.6. The summed E-state index contributed by atoms with van der Waals surface area (Å²) in [4.78, 5) is 53.4. The molecule has 0 saturated carbocycles. The van der Waals surface area contributed by atoms with Crippen LogP contribution in [0.3, 0.4) is 0 Å². The molecule has 4 aromatic carbocycles. The molecular weight excluding hydrogens is 633 g/mol. The van der Waals surface area contributed by atoms with Gasteiger partial charge in [-0.25, -0.2) is 9.59 Å². The highest BCUT2D eigenvalue weighted by atomic mass is 32.2. The SMILES string of the molecule is COC(=O)c1c(NC(=O)C(C)Sc2cccc(NC(=O)c3cccc4cccc(C(=O)O)c34)c2)sc2c1CCC(c1ccccc1)C2. The van der Waals surface area contributed by atoms with E-state index in [0.717, 1.165) is 34.6 Å². The number of benzene rings is 4. The van der Waals surface area contributed by atoms with Crippen molar-refractivity contribution in [2.45, 2.75) is 42.2 Å². The fourth-order valence-corrected chi connectivity index (χ4v) is 8.27. The van der Waals surface area contributed by atoms with Crippen LogP contribution in [0.2, 0.25) is 0 Å². The molecule has 0 saturated heterocycles. The van der Waals surface area contributed by atoms with E-state index in [1.807, 2.05) is 24.3 Å². The number of fused-ring (bicyclic) bond motifs is 2. The predicted molar refractivity (Wildman–Crippen MR) is 186 cm³/mol. The fourth-order valence-electron chi connectivity index (χ4n) is 6.03. The van der Waals surface area contributed by atoms with Gasteiger partial charge in [-0.1, -0.05) is 60.7 Å². The Morgan fingerprint density at radius 3 is 2.36 bits per heavy atom. The van der Waals surface area contributed by atoms with Crippen molar-refractivity contribution in [1.29, 1.82) is 0 Å². The van der Waals surface area contributed by atoms with Gasteiger partial charge >= 0.3 is 11.9 Å². The number of hydrogen-bond donors (Lipinski definition) is 3. The summed E-state index contributed by atoms with van der Waals surface area (Å²) in [5, 5.41) is 16.6. The number of rotatable bonds is 9. The van der Waals surface area contributed by atoms with Gasteiger partial charge in [-0.2, -0.15) is 0 Å².